The van der Waals surface area contributed by atoms with Gasteiger partial charge in [0.05, 0.1) is 5.75 Å². The fourth-order valence-electron chi connectivity index (χ4n) is 1.47. The van der Waals surface area contributed by atoms with E-state index in [-0.39, 0.29) is 24.5 Å². The lowest BCUT2D eigenvalue weighted by Crippen LogP contribution is -2.31. The molecular formula is C12H17N3O4S. The average Bonchev–Trinajstić information content (AvgIpc) is 2.34. The van der Waals surface area contributed by atoms with Gasteiger partial charge in [0.1, 0.15) is 0 Å². The van der Waals surface area contributed by atoms with E-state index < -0.39 is 16.1 Å². The van der Waals surface area contributed by atoms with E-state index in [2.05, 4.69) is 10.6 Å². The number of rotatable bonds is 6. The van der Waals surface area contributed by atoms with E-state index in [9.17, 15) is 18.0 Å². The molecular weight excluding hydrogens is 282 g/mol. The van der Waals surface area contributed by atoms with E-state index >= 15 is 0 Å². The van der Waals surface area contributed by atoms with Crippen LogP contribution in [0, 0.1) is 0 Å². The van der Waals surface area contributed by atoms with Gasteiger partial charge in [0.25, 0.3) is 0 Å². The second-order valence-corrected chi connectivity index (χ2v) is 5.97. The third kappa shape index (κ3) is 6.30. The van der Waals surface area contributed by atoms with E-state index in [1.165, 1.54) is 6.92 Å². The van der Waals surface area contributed by atoms with Crippen LogP contribution < -0.4 is 15.8 Å². The highest BCUT2D eigenvalue weighted by atomic mass is 32.2. The van der Waals surface area contributed by atoms with Gasteiger partial charge in [-0.25, -0.2) is 18.4 Å². The number of sulfonamides is 1. The Labute approximate surface area is 117 Å². The lowest BCUT2D eigenvalue weighted by atomic mass is 10.1. The van der Waals surface area contributed by atoms with Gasteiger partial charge < -0.3 is 10.6 Å². The summed E-state index contributed by atoms with van der Waals surface area (Å²) >= 11 is 0. The molecule has 0 radical (unpaired) electrons. The number of primary sulfonamides is 1. The van der Waals surface area contributed by atoms with E-state index in [1.807, 2.05) is 0 Å². The third-order valence-corrected chi connectivity index (χ3v) is 3.28. The Morgan fingerprint density at radius 3 is 2.60 bits per heavy atom. The molecule has 1 aromatic rings. The lowest BCUT2D eigenvalue weighted by molar-refractivity contribution is 0.101. The molecule has 0 spiro atoms. The lowest BCUT2D eigenvalue weighted by Gasteiger charge is -2.08. The molecule has 1 rings (SSSR count). The summed E-state index contributed by atoms with van der Waals surface area (Å²) in [6, 6.07) is 6.05. The predicted octanol–water partition coefficient (Wildman–Crippen LogP) is 0.689. The van der Waals surface area contributed by atoms with Crippen LogP contribution >= 0.6 is 0 Å². The van der Waals surface area contributed by atoms with Crippen LogP contribution in [0.5, 0.6) is 0 Å². The van der Waals surface area contributed by atoms with Crippen molar-refractivity contribution in [1.29, 1.82) is 0 Å². The Balaban J connectivity index is 2.43. The van der Waals surface area contributed by atoms with Crippen LogP contribution in [-0.4, -0.2) is 32.5 Å². The minimum absolute atomic E-state index is 0.0952. The number of nitrogens with two attached hydrogens (primary N) is 1. The molecule has 2 amide bonds. The summed E-state index contributed by atoms with van der Waals surface area (Å²) in [4.78, 5) is 22.7. The minimum Gasteiger partial charge on any atom is -0.338 e. The largest absolute Gasteiger partial charge is 0.338 e. The van der Waals surface area contributed by atoms with Gasteiger partial charge >= 0.3 is 6.03 Å². The first kappa shape index (κ1) is 16.1. The summed E-state index contributed by atoms with van der Waals surface area (Å²) in [5.41, 5.74) is 0.985. The molecule has 110 valence electrons. The van der Waals surface area contributed by atoms with E-state index in [1.54, 1.807) is 24.3 Å². The third-order valence-electron chi connectivity index (χ3n) is 2.42. The second-order valence-electron chi connectivity index (χ2n) is 4.24. The van der Waals surface area contributed by atoms with Crippen LogP contribution in [0.2, 0.25) is 0 Å². The van der Waals surface area contributed by atoms with Crippen molar-refractivity contribution < 1.29 is 18.0 Å². The normalized spacial score (nSPS) is 10.9. The van der Waals surface area contributed by atoms with Crippen LogP contribution in [0.4, 0.5) is 10.5 Å². The standard InChI is InChI=1S/C12H17N3O4S/c1-9(16)10-4-2-5-11(8-10)15-12(17)14-6-3-7-20(13,18)19/h2,4-5,8H,3,6-7H2,1H3,(H2,13,18,19)(H2,14,15,17). The van der Waals surface area contributed by atoms with Crippen molar-refractivity contribution in [1.82, 2.24) is 5.32 Å². The summed E-state index contributed by atoms with van der Waals surface area (Å²) in [6.07, 6.45) is 0.236. The SMILES string of the molecule is CC(=O)c1cccc(NC(=O)NCCCS(N)(=O)=O)c1. The molecule has 1 aromatic carbocycles. The molecule has 0 bridgehead atoms. The van der Waals surface area contributed by atoms with Crippen molar-refractivity contribution in [3.8, 4) is 0 Å². The molecule has 0 aliphatic rings. The number of amides is 2. The number of hydrogen-bond donors (Lipinski definition) is 3. The molecule has 0 unspecified atom stereocenters. The fraction of sp³-hybridized carbons (Fsp3) is 0.333. The maximum absolute atomic E-state index is 11.5. The molecule has 8 heteroatoms. The Bertz CT molecular complexity index is 598. The van der Waals surface area contributed by atoms with Gasteiger partial charge in [-0.15, -0.1) is 0 Å². The highest BCUT2D eigenvalue weighted by molar-refractivity contribution is 7.89. The summed E-state index contributed by atoms with van der Waals surface area (Å²) in [5, 5.41) is 9.88. The Morgan fingerprint density at radius 1 is 1.30 bits per heavy atom. The molecule has 0 aliphatic carbocycles. The van der Waals surface area contributed by atoms with Crippen LogP contribution in [0.1, 0.15) is 23.7 Å². The maximum Gasteiger partial charge on any atom is 0.319 e. The minimum atomic E-state index is -3.51. The predicted molar refractivity (Wildman–Crippen MR) is 76.1 cm³/mol. The van der Waals surface area contributed by atoms with Gasteiger partial charge in [0, 0.05) is 17.8 Å². The van der Waals surface area contributed by atoms with Crippen molar-refractivity contribution in [3.63, 3.8) is 0 Å². The number of benzene rings is 1. The number of anilines is 1. The average molecular weight is 299 g/mol. The number of Topliss-reactive ketones (excluding diaryl/α,β-unsaturated/α-hetero) is 1. The molecule has 0 saturated carbocycles. The van der Waals surface area contributed by atoms with E-state index in [4.69, 9.17) is 5.14 Å². The van der Waals surface area contributed by atoms with Crippen molar-refractivity contribution in [3.05, 3.63) is 29.8 Å². The van der Waals surface area contributed by atoms with Crippen molar-refractivity contribution in [2.75, 3.05) is 17.6 Å². The van der Waals surface area contributed by atoms with Gasteiger partial charge in [0.15, 0.2) is 5.78 Å². The zero-order valence-electron chi connectivity index (χ0n) is 11.0. The van der Waals surface area contributed by atoms with Crippen LogP contribution in [-0.2, 0) is 10.0 Å². The number of ketones is 1. The van der Waals surface area contributed by atoms with Gasteiger partial charge in [0.2, 0.25) is 10.0 Å². The molecule has 0 fully saturated rings. The highest BCUT2D eigenvalue weighted by Gasteiger charge is 2.05. The number of carbonyl (C=O) groups is 2. The molecule has 0 atom stereocenters. The van der Waals surface area contributed by atoms with Gasteiger partial charge in [-0.3, -0.25) is 4.79 Å². The van der Waals surface area contributed by atoms with Gasteiger partial charge in [-0.1, -0.05) is 12.1 Å². The first-order chi connectivity index (χ1) is 9.28. The number of hydrogen-bond acceptors (Lipinski definition) is 4. The molecule has 0 saturated heterocycles. The number of nitrogens with one attached hydrogen (secondary N) is 2. The summed E-state index contributed by atoms with van der Waals surface area (Å²) in [5.74, 6) is -0.283. The smallest absolute Gasteiger partial charge is 0.319 e. The van der Waals surface area contributed by atoms with Crippen LogP contribution in [0.25, 0.3) is 0 Å². The zero-order valence-corrected chi connectivity index (χ0v) is 11.9. The molecule has 4 N–H and O–H groups in total. The summed E-state index contributed by atoms with van der Waals surface area (Å²) in [6.45, 7) is 1.63. The Hall–Kier alpha value is -1.93. The van der Waals surface area contributed by atoms with Crippen molar-refractivity contribution in [2.24, 2.45) is 5.14 Å². The Kier molecular flexibility index (Phi) is 5.66. The van der Waals surface area contributed by atoms with Gasteiger partial charge in [-0.2, -0.15) is 0 Å². The topological polar surface area (TPSA) is 118 Å². The number of urea groups is 1. The molecule has 0 aromatic heterocycles. The maximum atomic E-state index is 11.5. The van der Waals surface area contributed by atoms with Crippen molar-refractivity contribution >= 4 is 27.5 Å². The monoisotopic (exact) mass is 299 g/mol. The van der Waals surface area contributed by atoms with Gasteiger partial charge in [-0.05, 0) is 25.5 Å². The first-order valence-electron chi connectivity index (χ1n) is 5.94. The van der Waals surface area contributed by atoms with E-state index in [0.717, 1.165) is 0 Å². The Morgan fingerprint density at radius 2 is 2.00 bits per heavy atom. The van der Waals surface area contributed by atoms with Crippen molar-refractivity contribution in [2.45, 2.75) is 13.3 Å². The summed E-state index contributed by atoms with van der Waals surface area (Å²) in [7, 11) is -3.51. The quantitative estimate of drug-likeness (QED) is 0.529. The summed E-state index contributed by atoms with van der Waals surface area (Å²) < 4.78 is 21.4. The molecule has 0 aliphatic heterocycles. The second kappa shape index (κ2) is 7.01. The van der Waals surface area contributed by atoms with Crippen LogP contribution in [0.15, 0.2) is 24.3 Å². The highest BCUT2D eigenvalue weighted by Crippen LogP contribution is 2.10. The molecule has 20 heavy (non-hydrogen) atoms. The molecule has 0 heterocycles. The van der Waals surface area contributed by atoms with E-state index in [0.29, 0.717) is 11.3 Å². The van der Waals surface area contributed by atoms with Crippen LogP contribution in [0.3, 0.4) is 0 Å². The molecule has 7 nitrogen and oxygen atoms in total. The zero-order chi connectivity index (χ0) is 15.2. The first-order valence-corrected chi connectivity index (χ1v) is 7.66. The number of carbonyl (C=O) groups excluding carboxylic acids is 2. The fourth-order valence-corrected chi connectivity index (χ4v) is 2.01.